The number of nitrogens with zero attached hydrogens (tertiary/aromatic N) is 1. The molecule has 0 heterocycles. The quantitative estimate of drug-likeness (QED) is 0.646. The molecule has 1 amide bonds. The molecule has 0 spiro atoms. The molecule has 0 radical (unpaired) electrons. The number of hydrogen-bond donors (Lipinski definition) is 1. The van der Waals surface area contributed by atoms with Crippen LogP contribution in [-0.2, 0) is 21.4 Å². The number of amides is 1. The molecule has 29 heavy (non-hydrogen) atoms. The number of anilines is 1. The lowest BCUT2D eigenvalue weighted by atomic mass is 10.0. The molecule has 0 aliphatic carbocycles. The Labute approximate surface area is 171 Å². The molecular weight excluding hydrogens is 388 g/mol. The maximum Gasteiger partial charge on any atom is 0.243 e. The highest BCUT2D eigenvalue weighted by Crippen LogP contribution is 2.25. The smallest absolute Gasteiger partial charge is 0.243 e. The van der Waals surface area contributed by atoms with Crippen LogP contribution >= 0.6 is 0 Å². The molecule has 0 bridgehead atoms. The van der Waals surface area contributed by atoms with Crippen molar-refractivity contribution >= 4 is 32.4 Å². The molecule has 3 rings (SSSR count). The van der Waals surface area contributed by atoms with Crippen LogP contribution in [0.4, 0.5) is 5.69 Å². The molecule has 3 aromatic carbocycles. The van der Waals surface area contributed by atoms with Gasteiger partial charge in [0.15, 0.2) is 0 Å². The van der Waals surface area contributed by atoms with Crippen LogP contribution in [0, 0.1) is 0 Å². The summed E-state index contributed by atoms with van der Waals surface area (Å²) in [7, 11) is -2.18. The zero-order chi connectivity index (χ0) is 21.0. The number of ether oxygens (including phenoxy) is 1. The summed E-state index contributed by atoms with van der Waals surface area (Å²) in [5.41, 5.74) is 1.34. The van der Waals surface area contributed by atoms with E-state index in [1.54, 1.807) is 31.2 Å². The van der Waals surface area contributed by atoms with Gasteiger partial charge >= 0.3 is 0 Å². The van der Waals surface area contributed by atoms with E-state index >= 15 is 0 Å². The molecule has 0 aromatic heterocycles. The number of methoxy groups -OCH3 is 1. The number of rotatable bonds is 7. The van der Waals surface area contributed by atoms with E-state index in [2.05, 4.69) is 5.32 Å². The molecule has 0 saturated carbocycles. The molecule has 3 aromatic rings. The van der Waals surface area contributed by atoms with Crippen LogP contribution in [0.3, 0.4) is 0 Å². The van der Waals surface area contributed by atoms with Crippen molar-refractivity contribution in [2.75, 3.05) is 17.7 Å². The van der Waals surface area contributed by atoms with Gasteiger partial charge in [-0.15, -0.1) is 0 Å². The van der Waals surface area contributed by atoms with Crippen LogP contribution in [-0.4, -0.2) is 33.7 Å². The highest BCUT2D eigenvalue weighted by molar-refractivity contribution is 7.92. The third kappa shape index (κ3) is 4.68. The minimum atomic E-state index is -3.69. The van der Waals surface area contributed by atoms with E-state index in [0.717, 1.165) is 26.9 Å². The van der Waals surface area contributed by atoms with E-state index < -0.39 is 16.1 Å². The van der Waals surface area contributed by atoms with Crippen LogP contribution in [0.25, 0.3) is 10.8 Å². The molecule has 7 heteroatoms. The number of carbonyl (C=O) groups is 1. The average molecular weight is 413 g/mol. The van der Waals surface area contributed by atoms with E-state index in [1.165, 1.54) is 7.11 Å². The van der Waals surface area contributed by atoms with Gasteiger partial charge < -0.3 is 10.1 Å². The van der Waals surface area contributed by atoms with Gasteiger partial charge in [-0.05, 0) is 35.4 Å². The second kappa shape index (κ2) is 8.53. The molecule has 152 valence electrons. The van der Waals surface area contributed by atoms with Gasteiger partial charge in [0.1, 0.15) is 11.8 Å². The molecule has 6 nitrogen and oxygen atoms in total. The molecule has 1 atom stereocenters. The number of hydrogen-bond acceptors (Lipinski definition) is 4. The zero-order valence-corrected chi connectivity index (χ0v) is 17.4. The summed E-state index contributed by atoms with van der Waals surface area (Å²) in [4.78, 5) is 12.8. The lowest BCUT2D eigenvalue weighted by Crippen LogP contribution is -2.47. The van der Waals surface area contributed by atoms with Crippen molar-refractivity contribution in [2.45, 2.75) is 19.5 Å². The fourth-order valence-electron chi connectivity index (χ4n) is 3.33. The predicted octanol–water partition coefficient (Wildman–Crippen LogP) is 3.32. The molecule has 0 aliphatic rings. The topological polar surface area (TPSA) is 75.7 Å². The lowest BCUT2D eigenvalue weighted by Gasteiger charge is -2.28. The summed E-state index contributed by atoms with van der Waals surface area (Å²) in [6.07, 6.45) is 1.08. The summed E-state index contributed by atoms with van der Waals surface area (Å²) >= 11 is 0. The summed E-state index contributed by atoms with van der Waals surface area (Å²) in [6.45, 7) is 1.87. The largest absolute Gasteiger partial charge is 0.497 e. The van der Waals surface area contributed by atoms with Crippen LogP contribution in [0.2, 0.25) is 0 Å². The van der Waals surface area contributed by atoms with Crippen molar-refractivity contribution in [2.24, 2.45) is 0 Å². The standard InChI is InChI=1S/C22H24N2O4S/c1-16(24(29(3,26)27)19-11-7-12-20(14-19)28-2)22(25)23-15-18-10-6-9-17-8-4-5-13-21(17)18/h4-14,16H,15H2,1-3H3,(H,23,25). The summed E-state index contributed by atoms with van der Waals surface area (Å²) in [6, 6.07) is 19.5. The Kier molecular flexibility index (Phi) is 6.08. The predicted molar refractivity (Wildman–Crippen MR) is 116 cm³/mol. The number of fused-ring (bicyclic) bond motifs is 1. The molecule has 1 unspecified atom stereocenters. The van der Waals surface area contributed by atoms with Crippen molar-refractivity contribution in [1.29, 1.82) is 0 Å². The Bertz CT molecular complexity index is 1120. The van der Waals surface area contributed by atoms with E-state index in [4.69, 9.17) is 4.74 Å². The molecule has 0 fully saturated rings. The number of nitrogens with one attached hydrogen (secondary N) is 1. The van der Waals surface area contributed by atoms with Crippen LogP contribution < -0.4 is 14.4 Å². The van der Waals surface area contributed by atoms with Gasteiger partial charge in [-0.3, -0.25) is 9.10 Å². The maximum absolute atomic E-state index is 12.8. The van der Waals surface area contributed by atoms with Gasteiger partial charge in [-0.1, -0.05) is 48.5 Å². The van der Waals surface area contributed by atoms with Gasteiger partial charge in [-0.25, -0.2) is 8.42 Å². The van der Waals surface area contributed by atoms with Gasteiger partial charge in [0.05, 0.1) is 19.1 Å². The molecule has 1 N–H and O–H groups in total. The second-order valence-electron chi connectivity index (χ2n) is 6.79. The Morgan fingerprint density at radius 1 is 1.07 bits per heavy atom. The van der Waals surface area contributed by atoms with E-state index in [0.29, 0.717) is 18.0 Å². The fraction of sp³-hybridized carbons (Fsp3) is 0.227. The van der Waals surface area contributed by atoms with Crippen molar-refractivity contribution < 1.29 is 17.9 Å². The number of benzene rings is 3. The minimum Gasteiger partial charge on any atom is -0.497 e. The number of carbonyl (C=O) groups excluding carboxylic acids is 1. The third-order valence-electron chi connectivity index (χ3n) is 4.73. The first-order valence-corrected chi connectivity index (χ1v) is 11.0. The van der Waals surface area contributed by atoms with Crippen molar-refractivity contribution in [3.63, 3.8) is 0 Å². The Morgan fingerprint density at radius 2 is 1.76 bits per heavy atom. The Morgan fingerprint density at radius 3 is 2.48 bits per heavy atom. The van der Waals surface area contributed by atoms with Crippen molar-refractivity contribution in [1.82, 2.24) is 5.32 Å². The summed E-state index contributed by atoms with van der Waals surface area (Å²) < 4.78 is 31.2. The first-order valence-electron chi connectivity index (χ1n) is 9.19. The van der Waals surface area contributed by atoms with E-state index in [9.17, 15) is 13.2 Å². The first kappa shape index (κ1) is 20.7. The van der Waals surface area contributed by atoms with Gasteiger partial charge in [0.25, 0.3) is 0 Å². The van der Waals surface area contributed by atoms with Crippen LogP contribution in [0.5, 0.6) is 5.75 Å². The fourth-order valence-corrected chi connectivity index (χ4v) is 4.50. The Balaban J connectivity index is 1.82. The van der Waals surface area contributed by atoms with Crippen molar-refractivity contribution in [3.8, 4) is 5.75 Å². The first-order chi connectivity index (χ1) is 13.8. The maximum atomic E-state index is 12.8. The molecular formula is C22H24N2O4S. The monoisotopic (exact) mass is 412 g/mol. The highest BCUT2D eigenvalue weighted by Gasteiger charge is 2.29. The number of sulfonamides is 1. The Hall–Kier alpha value is -3.06. The van der Waals surface area contributed by atoms with Gasteiger partial charge in [0, 0.05) is 12.6 Å². The second-order valence-corrected chi connectivity index (χ2v) is 8.65. The van der Waals surface area contributed by atoms with Crippen LogP contribution in [0.1, 0.15) is 12.5 Å². The van der Waals surface area contributed by atoms with Crippen LogP contribution in [0.15, 0.2) is 66.7 Å². The minimum absolute atomic E-state index is 0.306. The normalized spacial score (nSPS) is 12.4. The SMILES string of the molecule is COc1cccc(N(C(C)C(=O)NCc2cccc3ccccc23)S(C)(=O)=O)c1. The van der Waals surface area contributed by atoms with E-state index in [-0.39, 0.29) is 5.91 Å². The van der Waals surface area contributed by atoms with E-state index in [1.807, 2.05) is 42.5 Å². The zero-order valence-electron chi connectivity index (χ0n) is 16.6. The third-order valence-corrected chi connectivity index (χ3v) is 5.97. The van der Waals surface area contributed by atoms with Gasteiger partial charge in [0.2, 0.25) is 15.9 Å². The summed E-state index contributed by atoms with van der Waals surface area (Å²) in [5, 5.41) is 5.00. The average Bonchev–Trinajstić information content (AvgIpc) is 2.71. The molecule has 0 aliphatic heterocycles. The molecule has 0 saturated heterocycles. The lowest BCUT2D eigenvalue weighted by molar-refractivity contribution is -0.122. The van der Waals surface area contributed by atoms with Crippen molar-refractivity contribution in [3.05, 3.63) is 72.3 Å². The summed E-state index contributed by atoms with van der Waals surface area (Å²) in [5.74, 6) is 0.130. The highest BCUT2D eigenvalue weighted by atomic mass is 32.2. The van der Waals surface area contributed by atoms with Gasteiger partial charge in [-0.2, -0.15) is 0 Å².